The topological polar surface area (TPSA) is 48.4 Å². The number of Topliss-reactive ketones (excluding diaryl/α,β-unsaturated/α-hetero) is 1. The lowest BCUT2D eigenvalue weighted by atomic mass is 9.81. The fourth-order valence-corrected chi connectivity index (χ4v) is 3.08. The summed E-state index contributed by atoms with van der Waals surface area (Å²) in [6.07, 6.45) is 3.96. The van der Waals surface area contributed by atoms with E-state index in [-0.39, 0.29) is 17.3 Å². The summed E-state index contributed by atoms with van der Waals surface area (Å²) in [6, 6.07) is 3.36. The molecule has 1 spiro atoms. The van der Waals surface area contributed by atoms with Crippen molar-refractivity contribution in [2.24, 2.45) is 5.92 Å². The summed E-state index contributed by atoms with van der Waals surface area (Å²) in [7, 11) is 0. The maximum atomic E-state index is 12.5. The summed E-state index contributed by atoms with van der Waals surface area (Å²) in [5, 5.41) is 0.358. The SMILES string of the molecule is O=C(c1ccnc(Cl)c1)C1CCOC2(CCOC2)C1. The molecule has 2 aliphatic rings. The van der Waals surface area contributed by atoms with Gasteiger partial charge in [0.2, 0.25) is 0 Å². The minimum atomic E-state index is -0.241. The van der Waals surface area contributed by atoms with Gasteiger partial charge in [0.1, 0.15) is 5.15 Å². The number of hydrogen-bond acceptors (Lipinski definition) is 4. The molecular weight excluding hydrogens is 266 g/mol. The van der Waals surface area contributed by atoms with E-state index >= 15 is 0 Å². The van der Waals surface area contributed by atoms with Crippen molar-refractivity contribution in [3.8, 4) is 0 Å². The third kappa shape index (κ3) is 2.66. The van der Waals surface area contributed by atoms with Gasteiger partial charge in [-0.15, -0.1) is 0 Å². The predicted octanol–water partition coefficient (Wildman–Crippen LogP) is 2.50. The number of carbonyl (C=O) groups is 1. The van der Waals surface area contributed by atoms with Gasteiger partial charge in [0, 0.05) is 37.3 Å². The van der Waals surface area contributed by atoms with Crippen LogP contribution in [-0.2, 0) is 9.47 Å². The van der Waals surface area contributed by atoms with Crippen LogP contribution in [-0.4, -0.2) is 36.2 Å². The Hall–Kier alpha value is -0.970. The Morgan fingerprint density at radius 1 is 1.47 bits per heavy atom. The molecule has 0 N–H and O–H groups in total. The number of rotatable bonds is 2. The van der Waals surface area contributed by atoms with E-state index < -0.39 is 0 Å². The molecule has 3 heterocycles. The van der Waals surface area contributed by atoms with Crippen molar-refractivity contribution in [2.75, 3.05) is 19.8 Å². The molecule has 1 aromatic heterocycles. The van der Waals surface area contributed by atoms with Crippen molar-refractivity contribution in [3.05, 3.63) is 29.0 Å². The highest BCUT2D eigenvalue weighted by molar-refractivity contribution is 6.29. The van der Waals surface area contributed by atoms with Crippen molar-refractivity contribution in [2.45, 2.75) is 24.9 Å². The van der Waals surface area contributed by atoms with Gasteiger partial charge >= 0.3 is 0 Å². The summed E-state index contributed by atoms with van der Waals surface area (Å²) in [5.74, 6) is 0.132. The normalized spacial score (nSPS) is 30.7. The summed E-state index contributed by atoms with van der Waals surface area (Å²) in [5.41, 5.74) is 0.399. The van der Waals surface area contributed by atoms with Crippen LogP contribution in [0, 0.1) is 5.92 Å². The van der Waals surface area contributed by atoms with Gasteiger partial charge in [-0.1, -0.05) is 11.6 Å². The Bertz CT molecular complexity index is 485. The zero-order chi connectivity index (χ0) is 13.3. The largest absolute Gasteiger partial charge is 0.378 e. The van der Waals surface area contributed by atoms with E-state index in [1.807, 2.05) is 0 Å². The Morgan fingerprint density at radius 3 is 3.11 bits per heavy atom. The first-order valence-corrected chi connectivity index (χ1v) is 6.94. The van der Waals surface area contributed by atoms with E-state index in [0.717, 1.165) is 25.9 Å². The second kappa shape index (κ2) is 5.19. The molecule has 2 saturated heterocycles. The standard InChI is InChI=1S/C14H16ClNO3/c15-12-7-10(1-4-16-12)13(17)11-2-5-19-14(8-11)3-6-18-9-14/h1,4,7,11H,2-3,5-6,8-9H2. The lowest BCUT2D eigenvalue weighted by Crippen LogP contribution is -2.42. The highest BCUT2D eigenvalue weighted by Gasteiger charge is 2.43. The number of ether oxygens (including phenoxy) is 2. The lowest BCUT2D eigenvalue weighted by molar-refractivity contribution is -0.0920. The first-order valence-electron chi connectivity index (χ1n) is 6.56. The van der Waals surface area contributed by atoms with E-state index in [2.05, 4.69) is 4.98 Å². The number of carbonyl (C=O) groups excluding carboxylic acids is 1. The monoisotopic (exact) mass is 281 g/mol. The van der Waals surface area contributed by atoms with E-state index in [0.29, 0.717) is 23.9 Å². The molecule has 0 amide bonds. The molecule has 0 bridgehead atoms. The van der Waals surface area contributed by atoms with Crippen LogP contribution in [0.25, 0.3) is 0 Å². The molecule has 4 nitrogen and oxygen atoms in total. The quantitative estimate of drug-likeness (QED) is 0.617. The van der Waals surface area contributed by atoms with Crippen molar-refractivity contribution >= 4 is 17.4 Å². The van der Waals surface area contributed by atoms with Crippen molar-refractivity contribution < 1.29 is 14.3 Å². The highest BCUT2D eigenvalue weighted by atomic mass is 35.5. The Balaban J connectivity index is 1.76. The average molecular weight is 282 g/mol. The van der Waals surface area contributed by atoms with Crippen LogP contribution in [0.1, 0.15) is 29.6 Å². The van der Waals surface area contributed by atoms with E-state index in [4.69, 9.17) is 21.1 Å². The second-order valence-corrected chi connectivity index (χ2v) is 5.64. The fraction of sp³-hybridized carbons (Fsp3) is 0.571. The van der Waals surface area contributed by atoms with E-state index in [9.17, 15) is 4.79 Å². The number of ketones is 1. The zero-order valence-electron chi connectivity index (χ0n) is 10.6. The molecule has 102 valence electrons. The molecule has 0 radical (unpaired) electrons. The summed E-state index contributed by atoms with van der Waals surface area (Å²) in [6.45, 7) is 1.95. The Kier molecular flexibility index (Phi) is 3.56. The Labute approximate surface area is 117 Å². The van der Waals surface area contributed by atoms with Gasteiger partial charge in [-0.2, -0.15) is 0 Å². The van der Waals surface area contributed by atoms with Crippen LogP contribution < -0.4 is 0 Å². The van der Waals surface area contributed by atoms with Crippen molar-refractivity contribution in [1.29, 1.82) is 0 Å². The minimum Gasteiger partial charge on any atom is -0.378 e. The average Bonchev–Trinajstić information content (AvgIpc) is 2.86. The van der Waals surface area contributed by atoms with E-state index in [1.165, 1.54) is 0 Å². The number of halogens is 1. The molecule has 2 atom stereocenters. The van der Waals surface area contributed by atoms with Gasteiger partial charge in [-0.05, 0) is 25.0 Å². The summed E-state index contributed by atoms with van der Waals surface area (Å²) in [4.78, 5) is 16.4. The van der Waals surface area contributed by atoms with Gasteiger partial charge < -0.3 is 9.47 Å². The fourth-order valence-electron chi connectivity index (χ4n) is 2.91. The molecule has 0 saturated carbocycles. The highest BCUT2D eigenvalue weighted by Crippen LogP contribution is 2.37. The number of pyridine rings is 1. The Morgan fingerprint density at radius 2 is 2.37 bits per heavy atom. The maximum Gasteiger partial charge on any atom is 0.166 e. The molecule has 2 fully saturated rings. The number of aromatic nitrogens is 1. The van der Waals surface area contributed by atoms with Gasteiger partial charge in [-0.3, -0.25) is 4.79 Å². The van der Waals surface area contributed by atoms with Crippen LogP contribution in [0.3, 0.4) is 0 Å². The molecule has 0 aromatic carbocycles. The van der Waals surface area contributed by atoms with Gasteiger partial charge in [0.15, 0.2) is 5.78 Å². The molecule has 1 aromatic rings. The number of hydrogen-bond donors (Lipinski definition) is 0. The third-order valence-corrected chi connectivity index (χ3v) is 4.15. The molecule has 2 unspecified atom stereocenters. The third-order valence-electron chi connectivity index (χ3n) is 3.94. The first-order chi connectivity index (χ1) is 9.19. The van der Waals surface area contributed by atoms with Crippen molar-refractivity contribution in [1.82, 2.24) is 4.98 Å². The van der Waals surface area contributed by atoms with Crippen LogP contribution in [0.4, 0.5) is 0 Å². The molecule has 3 rings (SSSR count). The van der Waals surface area contributed by atoms with Crippen LogP contribution in [0.5, 0.6) is 0 Å². The predicted molar refractivity (Wildman–Crippen MR) is 70.4 cm³/mol. The minimum absolute atomic E-state index is 0.00563. The molecule has 19 heavy (non-hydrogen) atoms. The number of nitrogens with zero attached hydrogens (tertiary/aromatic N) is 1. The van der Waals surface area contributed by atoms with Crippen LogP contribution in [0.15, 0.2) is 18.3 Å². The van der Waals surface area contributed by atoms with Crippen LogP contribution in [0.2, 0.25) is 5.15 Å². The molecule has 5 heteroatoms. The zero-order valence-corrected chi connectivity index (χ0v) is 11.4. The van der Waals surface area contributed by atoms with Gasteiger partial charge in [-0.25, -0.2) is 4.98 Å². The van der Waals surface area contributed by atoms with Gasteiger partial charge in [0.25, 0.3) is 0 Å². The van der Waals surface area contributed by atoms with Crippen molar-refractivity contribution in [3.63, 3.8) is 0 Å². The first kappa shape index (κ1) is 13.0. The van der Waals surface area contributed by atoms with Crippen LogP contribution >= 0.6 is 11.6 Å². The maximum absolute atomic E-state index is 12.5. The molecule has 2 aliphatic heterocycles. The summed E-state index contributed by atoms with van der Waals surface area (Å²) < 4.78 is 11.3. The molecular formula is C14H16ClNO3. The summed E-state index contributed by atoms with van der Waals surface area (Å²) >= 11 is 5.84. The van der Waals surface area contributed by atoms with E-state index in [1.54, 1.807) is 18.3 Å². The smallest absolute Gasteiger partial charge is 0.166 e. The van der Waals surface area contributed by atoms with Gasteiger partial charge in [0.05, 0.1) is 12.2 Å². The molecule has 0 aliphatic carbocycles. The second-order valence-electron chi connectivity index (χ2n) is 5.26. The lowest BCUT2D eigenvalue weighted by Gasteiger charge is -2.36.